The number of aromatic nitrogens is 5. The topological polar surface area (TPSA) is 89.9 Å². The Kier molecular flexibility index (Phi) is 4.44. The van der Waals surface area contributed by atoms with E-state index in [1.54, 1.807) is 24.1 Å². The van der Waals surface area contributed by atoms with E-state index in [4.69, 9.17) is 4.52 Å². The fourth-order valence-electron chi connectivity index (χ4n) is 2.69. The molecule has 8 nitrogen and oxygen atoms in total. The van der Waals surface area contributed by atoms with Crippen LogP contribution in [0.4, 0.5) is 0 Å². The third kappa shape index (κ3) is 3.45. The Morgan fingerprint density at radius 2 is 1.89 bits per heavy atom. The molecular weight excluding hydrogens is 344 g/mol. The molecule has 0 aliphatic heterocycles. The van der Waals surface area contributed by atoms with Crippen LogP contribution < -0.4 is 0 Å². The van der Waals surface area contributed by atoms with Crippen molar-refractivity contribution in [3.05, 3.63) is 78.7 Å². The second kappa shape index (κ2) is 7.20. The average Bonchev–Trinajstić information content (AvgIpc) is 3.40. The lowest BCUT2D eigenvalue weighted by molar-refractivity contribution is 0.0769. The molecule has 2 aromatic heterocycles. The highest BCUT2D eigenvalue weighted by atomic mass is 16.5. The van der Waals surface area contributed by atoms with Crippen molar-refractivity contribution in [1.82, 2.24) is 29.8 Å². The molecule has 0 spiro atoms. The van der Waals surface area contributed by atoms with Gasteiger partial charge in [-0.15, -0.1) is 0 Å². The molecule has 0 saturated heterocycles. The van der Waals surface area contributed by atoms with Gasteiger partial charge >= 0.3 is 0 Å². The lowest BCUT2D eigenvalue weighted by Crippen LogP contribution is -2.27. The molecule has 0 saturated carbocycles. The van der Waals surface area contributed by atoms with E-state index in [0.717, 1.165) is 5.56 Å². The molecule has 0 bridgehead atoms. The maximum atomic E-state index is 12.9. The third-order valence-electron chi connectivity index (χ3n) is 4.02. The van der Waals surface area contributed by atoms with Gasteiger partial charge in [0.15, 0.2) is 0 Å². The van der Waals surface area contributed by atoms with Gasteiger partial charge in [0.1, 0.15) is 12.7 Å². The molecule has 4 rings (SSSR count). The van der Waals surface area contributed by atoms with Crippen molar-refractivity contribution in [1.29, 1.82) is 0 Å². The van der Waals surface area contributed by atoms with Crippen molar-refractivity contribution in [3.63, 3.8) is 0 Å². The highest BCUT2D eigenvalue weighted by molar-refractivity contribution is 5.97. The fraction of sp³-hybridized carbons (Fsp3) is 0.105. The first-order valence-electron chi connectivity index (χ1n) is 8.30. The largest absolute Gasteiger partial charge is 0.337 e. The molecule has 0 fully saturated rings. The van der Waals surface area contributed by atoms with Crippen molar-refractivity contribution in [2.75, 3.05) is 7.05 Å². The molecule has 2 aromatic carbocycles. The van der Waals surface area contributed by atoms with Crippen LogP contribution in [0.15, 0.2) is 71.8 Å². The van der Waals surface area contributed by atoms with E-state index >= 15 is 0 Å². The number of nitrogens with zero attached hydrogens (tertiary/aromatic N) is 6. The van der Waals surface area contributed by atoms with Gasteiger partial charge in [0.05, 0.1) is 17.8 Å². The van der Waals surface area contributed by atoms with Crippen molar-refractivity contribution in [2.24, 2.45) is 0 Å². The van der Waals surface area contributed by atoms with Gasteiger partial charge in [-0.25, -0.2) is 9.67 Å². The molecule has 27 heavy (non-hydrogen) atoms. The zero-order valence-corrected chi connectivity index (χ0v) is 14.6. The minimum atomic E-state index is -0.180. The van der Waals surface area contributed by atoms with Gasteiger partial charge in [-0.05, 0) is 12.1 Å². The normalized spacial score (nSPS) is 10.7. The van der Waals surface area contributed by atoms with Crippen LogP contribution in [0, 0.1) is 0 Å². The summed E-state index contributed by atoms with van der Waals surface area (Å²) in [6.07, 6.45) is 2.98. The van der Waals surface area contributed by atoms with Crippen molar-refractivity contribution >= 4 is 5.91 Å². The standard InChI is InChI=1S/C19H16N6O2/c1-24(11-17-22-18(23-27-17)14-7-3-2-4-8-14)19(26)15-9-5-6-10-16(15)25-13-20-12-21-25/h2-10,12-13H,11H2,1H3. The van der Waals surface area contributed by atoms with Crippen molar-refractivity contribution in [3.8, 4) is 17.1 Å². The first-order chi connectivity index (χ1) is 13.2. The average molecular weight is 360 g/mol. The molecule has 1 amide bonds. The molecule has 0 aliphatic carbocycles. The molecule has 0 unspecified atom stereocenters. The summed E-state index contributed by atoms with van der Waals surface area (Å²) in [5.41, 5.74) is 2.02. The number of hydrogen-bond donors (Lipinski definition) is 0. The third-order valence-corrected chi connectivity index (χ3v) is 4.02. The van der Waals surface area contributed by atoms with Crippen LogP contribution in [0.25, 0.3) is 17.1 Å². The summed E-state index contributed by atoms with van der Waals surface area (Å²) in [5.74, 6) is 0.679. The Bertz CT molecular complexity index is 1040. The number of carbonyl (C=O) groups is 1. The number of rotatable bonds is 5. The molecule has 134 valence electrons. The maximum absolute atomic E-state index is 12.9. The quantitative estimate of drug-likeness (QED) is 0.543. The monoisotopic (exact) mass is 360 g/mol. The second-order valence-electron chi connectivity index (χ2n) is 5.90. The predicted molar refractivity (Wildman–Crippen MR) is 96.9 cm³/mol. The van der Waals surface area contributed by atoms with Crippen molar-refractivity contribution in [2.45, 2.75) is 6.54 Å². The van der Waals surface area contributed by atoms with Crippen LogP contribution >= 0.6 is 0 Å². The molecule has 0 atom stereocenters. The van der Waals surface area contributed by atoms with E-state index in [0.29, 0.717) is 23.0 Å². The summed E-state index contributed by atoms with van der Waals surface area (Å²) >= 11 is 0. The van der Waals surface area contributed by atoms with E-state index in [-0.39, 0.29) is 12.5 Å². The second-order valence-corrected chi connectivity index (χ2v) is 5.90. The minimum Gasteiger partial charge on any atom is -0.337 e. The van der Waals surface area contributed by atoms with Crippen LogP contribution in [0.1, 0.15) is 16.2 Å². The molecule has 4 aromatic rings. The number of carbonyl (C=O) groups excluding carboxylic acids is 1. The minimum absolute atomic E-state index is 0.180. The van der Waals surface area contributed by atoms with E-state index in [2.05, 4.69) is 20.2 Å². The Morgan fingerprint density at radius 1 is 1.11 bits per heavy atom. The van der Waals surface area contributed by atoms with Gasteiger partial charge in [-0.1, -0.05) is 47.6 Å². The van der Waals surface area contributed by atoms with Crippen LogP contribution in [-0.4, -0.2) is 42.8 Å². The number of hydrogen-bond acceptors (Lipinski definition) is 6. The molecule has 0 aliphatic rings. The summed E-state index contributed by atoms with van der Waals surface area (Å²) in [5, 5.41) is 8.09. The summed E-state index contributed by atoms with van der Waals surface area (Å²) in [6.45, 7) is 0.199. The van der Waals surface area contributed by atoms with Crippen LogP contribution in [0.5, 0.6) is 0 Å². The van der Waals surface area contributed by atoms with Crippen LogP contribution in [-0.2, 0) is 6.54 Å². The smallest absolute Gasteiger partial charge is 0.256 e. The summed E-state index contributed by atoms with van der Waals surface area (Å²) in [6, 6.07) is 16.7. The Balaban J connectivity index is 1.54. The van der Waals surface area contributed by atoms with Gasteiger partial charge in [-0.2, -0.15) is 10.1 Å². The van der Waals surface area contributed by atoms with Gasteiger partial charge in [0, 0.05) is 12.6 Å². The fourth-order valence-corrected chi connectivity index (χ4v) is 2.69. The Labute approximate surface area is 155 Å². The van der Waals surface area contributed by atoms with Gasteiger partial charge < -0.3 is 9.42 Å². The van der Waals surface area contributed by atoms with E-state index in [9.17, 15) is 4.79 Å². The Hall–Kier alpha value is -3.81. The molecule has 8 heteroatoms. The SMILES string of the molecule is CN(Cc1nc(-c2ccccc2)no1)C(=O)c1ccccc1-n1cncn1. The van der Waals surface area contributed by atoms with Crippen LogP contribution in [0.2, 0.25) is 0 Å². The zero-order valence-electron chi connectivity index (χ0n) is 14.6. The number of amides is 1. The number of para-hydroxylation sites is 1. The molecular formula is C19H16N6O2. The summed E-state index contributed by atoms with van der Waals surface area (Å²) < 4.78 is 6.85. The highest BCUT2D eigenvalue weighted by Gasteiger charge is 2.19. The number of benzene rings is 2. The summed E-state index contributed by atoms with van der Waals surface area (Å²) in [4.78, 5) is 22.7. The predicted octanol–water partition coefficient (Wildman–Crippen LogP) is 2.59. The Morgan fingerprint density at radius 3 is 2.67 bits per heavy atom. The highest BCUT2D eigenvalue weighted by Crippen LogP contribution is 2.18. The lowest BCUT2D eigenvalue weighted by Gasteiger charge is -2.17. The molecule has 0 N–H and O–H groups in total. The van der Waals surface area contributed by atoms with Gasteiger partial charge in [0.25, 0.3) is 5.91 Å². The van der Waals surface area contributed by atoms with E-state index in [1.165, 1.54) is 11.2 Å². The first kappa shape index (κ1) is 16.6. The van der Waals surface area contributed by atoms with Crippen molar-refractivity contribution < 1.29 is 9.32 Å². The molecule has 2 heterocycles. The van der Waals surface area contributed by atoms with Crippen LogP contribution in [0.3, 0.4) is 0 Å². The molecule has 0 radical (unpaired) electrons. The van der Waals surface area contributed by atoms with E-state index < -0.39 is 0 Å². The lowest BCUT2D eigenvalue weighted by atomic mass is 10.1. The summed E-state index contributed by atoms with van der Waals surface area (Å²) in [7, 11) is 1.69. The maximum Gasteiger partial charge on any atom is 0.256 e. The first-order valence-corrected chi connectivity index (χ1v) is 8.30. The van der Waals surface area contributed by atoms with Gasteiger partial charge in [0.2, 0.25) is 11.7 Å². The zero-order chi connectivity index (χ0) is 18.6. The van der Waals surface area contributed by atoms with E-state index in [1.807, 2.05) is 48.5 Å². The van der Waals surface area contributed by atoms with Gasteiger partial charge in [-0.3, -0.25) is 4.79 Å².